The number of thiophene rings is 1. The second kappa shape index (κ2) is 2.84. The zero-order valence-corrected chi connectivity index (χ0v) is 10.00. The Labute approximate surface area is 93.9 Å². The van der Waals surface area contributed by atoms with Crippen LogP contribution in [0.3, 0.4) is 0 Å². The standard InChI is InChI=1S/C11H8BrNS/c1-6-4-10-11(14-6)8-3-2-7(12)5-9(8)13-10/h2-5,13H,1H3. The number of benzene rings is 1. The molecule has 2 heterocycles. The number of H-pyrrole nitrogens is 1. The van der Waals surface area contributed by atoms with Crippen LogP contribution in [0, 0.1) is 6.92 Å². The Bertz CT molecular complexity index is 617. The molecule has 0 saturated carbocycles. The summed E-state index contributed by atoms with van der Waals surface area (Å²) in [7, 11) is 0. The van der Waals surface area contributed by atoms with E-state index < -0.39 is 0 Å². The zero-order chi connectivity index (χ0) is 9.71. The van der Waals surface area contributed by atoms with Gasteiger partial charge in [-0.05, 0) is 25.1 Å². The summed E-state index contributed by atoms with van der Waals surface area (Å²) < 4.78 is 2.49. The van der Waals surface area contributed by atoms with Crippen LogP contribution in [0.4, 0.5) is 0 Å². The Morgan fingerprint density at radius 3 is 2.93 bits per heavy atom. The SMILES string of the molecule is Cc1cc2[nH]c3cc(Br)ccc3c2s1. The van der Waals surface area contributed by atoms with Crippen molar-refractivity contribution in [3.05, 3.63) is 33.6 Å². The number of aryl methyl sites for hydroxylation is 1. The summed E-state index contributed by atoms with van der Waals surface area (Å²) in [6.45, 7) is 2.14. The fourth-order valence-corrected chi connectivity index (χ4v) is 3.14. The van der Waals surface area contributed by atoms with Gasteiger partial charge in [-0.25, -0.2) is 0 Å². The van der Waals surface area contributed by atoms with Crippen molar-refractivity contribution in [2.24, 2.45) is 0 Å². The van der Waals surface area contributed by atoms with Crippen LogP contribution >= 0.6 is 27.3 Å². The zero-order valence-electron chi connectivity index (χ0n) is 7.60. The van der Waals surface area contributed by atoms with Crippen molar-refractivity contribution in [1.29, 1.82) is 0 Å². The Balaban J connectivity index is 2.52. The predicted octanol–water partition coefficient (Wildman–Crippen LogP) is 4.45. The molecular formula is C11H8BrNS. The highest BCUT2D eigenvalue weighted by Crippen LogP contribution is 2.33. The largest absolute Gasteiger partial charge is 0.354 e. The molecule has 0 spiro atoms. The van der Waals surface area contributed by atoms with E-state index in [4.69, 9.17) is 0 Å². The first-order valence-electron chi connectivity index (χ1n) is 4.41. The number of aromatic amines is 1. The number of halogens is 1. The van der Waals surface area contributed by atoms with E-state index in [0.717, 1.165) is 4.47 Å². The Kier molecular flexibility index (Phi) is 1.73. The number of aromatic nitrogens is 1. The van der Waals surface area contributed by atoms with Crippen molar-refractivity contribution in [3.63, 3.8) is 0 Å². The van der Waals surface area contributed by atoms with Crippen molar-refractivity contribution in [3.8, 4) is 0 Å². The lowest BCUT2D eigenvalue weighted by Crippen LogP contribution is -1.67. The molecule has 3 heteroatoms. The summed E-state index contributed by atoms with van der Waals surface area (Å²) in [4.78, 5) is 4.78. The van der Waals surface area contributed by atoms with Gasteiger partial charge < -0.3 is 4.98 Å². The van der Waals surface area contributed by atoms with E-state index in [1.807, 2.05) is 11.3 Å². The van der Waals surface area contributed by atoms with Crippen molar-refractivity contribution < 1.29 is 0 Å². The highest BCUT2D eigenvalue weighted by atomic mass is 79.9. The van der Waals surface area contributed by atoms with E-state index in [1.54, 1.807) is 0 Å². The molecule has 0 aliphatic carbocycles. The molecule has 1 nitrogen and oxygen atoms in total. The third kappa shape index (κ3) is 1.12. The molecule has 3 aromatic rings. The van der Waals surface area contributed by atoms with Crippen LogP contribution in [0.1, 0.15) is 4.88 Å². The number of fused-ring (bicyclic) bond motifs is 3. The molecule has 3 rings (SSSR count). The molecule has 0 unspecified atom stereocenters. The monoisotopic (exact) mass is 265 g/mol. The molecule has 0 amide bonds. The quantitative estimate of drug-likeness (QED) is 0.618. The molecule has 0 radical (unpaired) electrons. The summed E-state index contributed by atoms with van der Waals surface area (Å²) in [5, 5.41) is 1.32. The molecular weight excluding hydrogens is 258 g/mol. The summed E-state index contributed by atoms with van der Waals surface area (Å²) >= 11 is 5.32. The molecule has 0 bridgehead atoms. The number of nitrogens with one attached hydrogen (secondary N) is 1. The van der Waals surface area contributed by atoms with Crippen LogP contribution < -0.4 is 0 Å². The Morgan fingerprint density at radius 2 is 2.07 bits per heavy atom. The van der Waals surface area contributed by atoms with E-state index in [1.165, 1.54) is 26.0 Å². The summed E-state index contributed by atoms with van der Waals surface area (Å²) in [5.41, 5.74) is 2.46. The summed E-state index contributed by atoms with van der Waals surface area (Å²) in [6.07, 6.45) is 0. The van der Waals surface area contributed by atoms with Crippen molar-refractivity contribution in [2.45, 2.75) is 6.92 Å². The van der Waals surface area contributed by atoms with Gasteiger partial charge in [0.2, 0.25) is 0 Å². The highest BCUT2D eigenvalue weighted by Gasteiger charge is 2.06. The lowest BCUT2D eigenvalue weighted by atomic mass is 10.2. The molecule has 0 atom stereocenters. The first kappa shape index (κ1) is 8.50. The molecule has 0 fully saturated rings. The third-order valence-electron chi connectivity index (χ3n) is 2.35. The number of rotatable bonds is 0. The minimum absolute atomic E-state index is 1.12. The van der Waals surface area contributed by atoms with Gasteiger partial charge in [-0.3, -0.25) is 0 Å². The minimum Gasteiger partial charge on any atom is -0.354 e. The molecule has 1 aromatic carbocycles. The maximum absolute atomic E-state index is 3.48. The maximum atomic E-state index is 3.48. The van der Waals surface area contributed by atoms with Gasteiger partial charge in [0.25, 0.3) is 0 Å². The van der Waals surface area contributed by atoms with Gasteiger partial charge in [0.15, 0.2) is 0 Å². The molecule has 70 valence electrons. The third-order valence-corrected chi connectivity index (χ3v) is 3.93. The van der Waals surface area contributed by atoms with E-state index >= 15 is 0 Å². The van der Waals surface area contributed by atoms with Crippen LogP contribution in [0.5, 0.6) is 0 Å². The van der Waals surface area contributed by atoms with Crippen LogP contribution in [0.2, 0.25) is 0 Å². The lowest BCUT2D eigenvalue weighted by Gasteiger charge is -1.90. The van der Waals surface area contributed by atoms with Crippen molar-refractivity contribution >= 4 is 48.4 Å². The number of hydrogen-bond donors (Lipinski definition) is 1. The fraction of sp³-hybridized carbons (Fsp3) is 0.0909. The molecule has 0 aliphatic heterocycles. The first-order valence-corrected chi connectivity index (χ1v) is 6.02. The van der Waals surface area contributed by atoms with Gasteiger partial charge >= 0.3 is 0 Å². The second-order valence-electron chi connectivity index (χ2n) is 3.41. The van der Waals surface area contributed by atoms with Crippen molar-refractivity contribution in [1.82, 2.24) is 4.98 Å². The predicted molar refractivity (Wildman–Crippen MR) is 66.1 cm³/mol. The molecule has 1 N–H and O–H groups in total. The number of hydrogen-bond acceptors (Lipinski definition) is 1. The highest BCUT2D eigenvalue weighted by molar-refractivity contribution is 9.10. The Morgan fingerprint density at radius 1 is 1.21 bits per heavy atom. The van der Waals surface area contributed by atoms with Crippen LogP contribution in [-0.4, -0.2) is 4.98 Å². The van der Waals surface area contributed by atoms with Gasteiger partial charge in [-0.1, -0.05) is 22.0 Å². The van der Waals surface area contributed by atoms with Gasteiger partial charge in [0.1, 0.15) is 0 Å². The van der Waals surface area contributed by atoms with E-state index in [0.29, 0.717) is 0 Å². The molecule has 0 aliphatic rings. The van der Waals surface area contributed by atoms with Gasteiger partial charge in [0.05, 0.1) is 10.2 Å². The molecule has 2 aromatic heterocycles. The summed E-state index contributed by atoms with van der Waals surface area (Å²) in [5.74, 6) is 0. The van der Waals surface area contributed by atoms with Gasteiger partial charge in [-0.2, -0.15) is 0 Å². The van der Waals surface area contributed by atoms with E-state index in [2.05, 4.69) is 52.1 Å². The normalized spacial score (nSPS) is 11.6. The van der Waals surface area contributed by atoms with Gasteiger partial charge in [-0.15, -0.1) is 11.3 Å². The lowest BCUT2D eigenvalue weighted by molar-refractivity contribution is 1.53. The molecule has 0 saturated heterocycles. The average Bonchev–Trinajstić information content (AvgIpc) is 2.59. The van der Waals surface area contributed by atoms with Crippen LogP contribution in [0.15, 0.2) is 28.7 Å². The Hall–Kier alpha value is -0.800. The topological polar surface area (TPSA) is 15.8 Å². The van der Waals surface area contributed by atoms with Crippen molar-refractivity contribution in [2.75, 3.05) is 0 Å². The smallest absolute Gasteiger partial charge is 0.0601 e. The van der Waals surface area contributed by atoms with Crippen LogP contribution in [0.25, 0.3) is 21.1 Å². The van der Waals surface area contributed by atoms with Gasteiger partial charge in [0, 0.05) is 20.3 Å². The molecule has 14 heavy (non-hydrogen) atoms. The average molecular weight is 266 g/mol. The van der Waals surface area contributed by atoms with E-state index in [9.17, 15) is 0 Å². The fourth-order valence-electron chi connectivity index (χ4n) is 1.77. The second-order valence-corrected chi connectivity index (χ2v) is 5.59. The van der Waals surface area contributed by atoms with E-state index in [-0.39, 0.29) is 0 Å². The first-order chi connectivity index (χ1) is 6.74. The minimum atomic E-state index is 1.12. The summed E-state index contributed by atoms with van der Waals surface area (Å²) in [6, 6.07) is 8.57. The van der Waals surface area contributed by atoms with Crippen LogP contribution in [-0.2, 0) is 0 Å². The maximum Gasteiger partial charge on any atom is 0.0601 e.